The van der Waals surface area contributed by atoms with Crippen LogP contribution in [0.15, 0.2) is 18.2 Å². The van der Waals surface area contributed by atoms with E-state index in [9.17, 15) is 9.50 Å². The molecule has 0 radical (unpaired) electrons. The standard InChI is InChI=1S/C12H17ClFNO/c1-3-11(15-7-8(2)16)12-9(13)5-4-6-10(12)14/h4-6,8,11,15-16H,3,7H2,1-2H3/t8-,11?/m0/s1. The Morgan fingerprint density at radius 3 is 2.69 bits per heavy atom. The van der Waals surface area contributed by atoms with Crippen LogP contribution in [-0.2, 0) is 0 Å². The van der Waals surface area contributed by atoms with Crippen molar-refractivity contribution in [2.24, 2.45) is 0 Å². The van der Waals surface area contributed by atoms with Gasteiger partial charge in [-0.05, 0) is 25.5 Å². The Kier molecular flexibility index (Phi) is 5.19. The smallest absolute Gasteiger partial charge is 0.129 e. The van der Waals surface area contributed by atoms with Crippen LogP contribution in [-0.4, -0.2) is 17.8 Å². The maximum absolute atomic E-state index is 13.6. The van der Waals surface area contributed by atoms with Crippen LogP contribution in [0.25, 0.3) is 0 Å². The Morgan fingerprint density at radius 2 is 2.19 bits per heavy atom. The van der Waals surface area contributed by atoms with E-state index in [1.165, 1.54) is 6.07 Å². The maximum Gasteiger partial charge on any atom is 0.129 e. The Morgan fingerprint density at radius 1 is 1.50 bits per heavy atom. The SMILES string of the molecule is CCC(NC[C@H](C)O)c1c(F)cccc1Cl. The number of halogens is 2. The Hall–Kier alpha value is -0.640. The molecule has 2 nitrogen and oxygen atoms in total. The van der Waals surface area contributed by atoms with E-state index in [-0.39, 0.29) is 11.9 Å². The molecule has 0 aliphatic rings. The highest BCUT2D eigenvalue weighted by Gasteiger charge is 2.17. The Bertz CT molecular complexity index is 324. The van der Waals surface area contributed by atoms with Gasteiger partial charge in [-0.2, -0.15) is 0 Å². The maximum atomic E-state index is 13.6. The second kappa shape index (κ2) is 6.18. The summed E-state index contributed by atoms with van der Waals surface area (Å²) in [5, 5.41) is 12.7. The van der Waals surface area contributed by atoms with Crippen LogP contribution in [0.4, 0.5) is 4.39 Å². The molecular formula is C12H17ClFNO. The van der Waals surface area contributed by atoms with Gasteiger partial charge in [-0.3, -0.25) is 0 Å². The minimum Gasteiger partial charge on any atom is -0.392 e. The summed E-state index contributed by atoms with van der Waals surface area (Å²) in [5.41, 5.74) is 0.479. The number of hydrogen-bond acceptors (Lipinski definition) is 2. The first-order valence-corrected chi connectivity index (χ1v) is 5.79. The quantitative estimate of drug-likeness (QED) is 0.836. The van der Waals surface area contributed by atoms with Gasteiger partial charge in [0.2, 0.25) is 0 Å². The fourth-order valence-electron chi connectivity index (χ4n) is 1.61. The summed E-state index contributed by atoms with van der Waals surface area (Å²) in [6.45, 7) is 4.05. The summed E-state index contributed by atoms with van der Waals surface area (Å²) in [6.07, 6.45) is 0.257. The molecule has 0 saturated heterocycles. The van der Waals surface area contributed by atoms with Crippen LogP contribution in [0.2, 0.25) is 5.02 Å². The average Bonchev–Trinajstić information content (AvgIpc) is 2.22. The van der Waals surface area contributed by atoms with E-state index in [1.54, 1.807) is 19.1 Å². The summed E-state index contributed by atoms with van der Waals surface area (Å²) >= 11 is 5.98. The van der Waals surface area contributed by atoms with E-state index in [4.69, 9.17) is 11.6 Å². The van der Waals surface area contributed by atoms with Gasteiger partial charge in [-0.25, -0.2) is 4.39 Å². The van der Waals surface area contributed by atoms with Crippen LogP contribution in [0.3, 0.4) is 0 Å². The topological polar surface area (TPSA) is 32.3 Å². The highest BCUT2D eigenvalue weighted by Crippen LogP contribution is 2.27. The van der Waals surface area contributed by atoms with E-state index in [1.807, 2.05) is 6.92 Å². The highest BCUT2D eigenvalue weighted by molar-refractivity contribution is 6.31. The molecule has 0 aliphatic carbocycles. The van der Waals surface area contributed by atoms with Crippen LogP contribution in [0.1, 0.15) is 31.9 Å². The third-order valence-electron chi connectivity index (χ3n) is 2.42. The minimum atomic E-state index is -0.459. The molecule has 1 rings (SSSR count). The summed E-state index contributed by atoms with van der Waals surface area (Å²) in [7, 11) is 0. The molecule has 4 heteroatoms. The van der Waals surface area contributed by atoms with E-state index < -0.39 is 6.10 Å². The van der Waals surface area contributed by atoms with Gasteiger partial charge in [0.25, 0.3) is 0 Å². The first-order valence-electron chi connectivity index (χ1n) is 5.41. The lowest BCUT2D eigenvalue weighted by molar-refractivity contribution is 0.185. The van der Waals surface area contributed by atoms with Gasteiger partial charge in [0.05, 0.1) is 6.10 Å². The second-order valence-corrected chi connectivity index (χ2v) is 4.26. The van der Waals surface area contributed by atoms with Crippen LogP contribution >= 0.6 is 11.6 Å². The molecular weight excluding hydrogens is 229 g/mol. The third kappa shape index (κ3) is 3.44. The summed E-state index contributed by atoms with van der Waals surface area (Å²) in [6, 6.07) is 4.49. The van der Waals surface area contributed by atoms with Gasteiger partial charge >= 0.3 is 0 Å². The molecule has 1 aromatic carbocycles. The molecule has 0 bridgehead atoms. The molecule has 0 saturated carbocycles. The van der Waals surface area contributed by atoms with Crippen molar-refractivity contribution in [1.82, 2.24) is 5.32 Å². The molecule has 1 unspecified atom stereocenters. The van der Waals surface area contributed by atoms with Gasteiger partial charge < -0.3 is 10.4 Å². The summed E-state index contributed by atoms with van der Waals surface area (Å²) in [4.78, 5) is 0. The third-order valence-corrected chi connectivity index (χ3v) is 2.75. The van der Waals surface area contributed by atoms with Crippen molar-refractivity contribution < 1.29 is 9.50 Å². The summed E-state index contributed by atoms with van der Waals surface area (Å²) in [5.74, 6) is -0.308. The van der Waals surface area contributed by atoms with Crippen molar-refractivity contribution in [3.8, 4) is 0 Å². The lowest BCUT2D eigenvalue weighted by Crippen LogP contribution is -2.29. The molecule has 1 aromatic rings. The average molecular weight is 246 g/mol. The second-order valence-electron chi connectivity index (χ2n) is 3.85. The van der Waals surface area contributed by atoms with E-state index in [0.29, 0.717) is 23.6 Å². The molecule has 2 atom stereocenters. The monoisotopic (exact) mass is 245 g/mol. The lowest BCUT2D eigenvalue weighted by Gasteiger charge is -2.20. The van der Waals surface area contributed by atoms with Gasteiger partial charge in [0.15, 0.2) is 0 Å². The molecule has 0 heterocycles. The normalized spacial score (nSPS) is 14.8. The number of aliphatic hydroxyl groups excluding tert-OH is 1. The molecule has 0 aliphatic heterocycles. The summed E-state index contributed by atoms with van der Waals surface area (Å²) < 4.78 is 13.6. The largest absolute Gasteiger partial charge is 0.392 e. The van der Waals surface area contributed by atoms with Crippen molar-refractivity contribution in [2.75, 3.05) is 6.54 Å². The predicted molar refractivity (Wildman–Crippen MR) is 64.1 cm³/mol. The van der Waals surface area contributed by atoms with Crippen molar-refractivity contribution in [3.63, 3.8) is 0 Å². The lowest BCUT2D eigenvalue weighted by atomic mass is 10.0. The molecule has 0 spiro atoms. The van der Waals surface area contributed by atoms with Crippen LogP contribution in [0.5, 0.6) is 0 Å². The zero-order chi connectivity index (χ0) is 12.1. The number of rotatable bonds is 5. The number of benzene rings is 1. The number of hydrogen-bond donors (Lipinski definition) is 2. The molecule has 2 N–H and O–H groups in total. The molecule has 0 fully saturated rings. The van der Waals surface area contributed by atoms with Gasteiger partial charge in [0, 0.05) is 23.2 Å². The number of aliphatic hydroxyl groups is 1. The molecule has 0 amide bonds. The number of nitrogens with one attached hydrogen (secondary N) is 1. The fourth-order valence-corrected chi connectivity index (χ4v) is 1.90. The van der Waals surface area contributed by atoms with E-state index in [2.05, 4.69) is 5.32 Å². The Labute approximate surface area is 100 Å². The zero-order valence-corrected chi connectivity index (χ0v) is 10.3. The van der Waals surface area contributed by atoms with Crippen LogP contribution < -0.4 is 5.32 Å². The van der Waals surface area contributed by atoms with E-state index in [0.717, 1.165) is 0 Å². The molecule has 16 heavy (non-hydrogen) atoms. The Balaban J connectivity index is 2.86. The van der Waals surface area contributed by atoms with Crippen molar-refractivity contribution in [1.29, 1.82) is 0 Å². The van der Waals surface area contributed by atoms with E-state index >= 15 is 0 Å². The van der Waals surface area contributed by atoms with Crippen molar-refractivity contribution in [3.05, 3.63) is 34.6 Å². The molecule has 0 aromatic heterocycles. The predicted octanol–water partition coefficient (Wildman–Crippen LogP) is 2.90. The van der Waals surface area contributed by atoms with Crippen LogP contribution in [0, 0.1) is 5.82 Å². The first kappa shape index (κ1) is 13.4. The first-order chi connectivity index (χ1) is 7.56. The minimum absolute atomic E-state index is 0.164. The van der Waals surface area contributed by atoms with Gasteiger partial charge in [-0.1, -0.05) is 24.6 Å². The van der Waals surface area contributed by atoms with Crippen molar-refractivity contribution in [2.45, 2.75) is 32.4 Å². The van der Waals surface area contributed by atoms with Gasteiger partial charge in [0.1, 0.15) is 5.82 Å². The highest BCUT2D eigenvalue weighted by atomic mass is 35.5. The van der Waals surface area contributed by atoms with Gasteiger partial charge in [-0.15, -0.1) is 0 Å². The van der Waals surface area contributed by atoms with Crippen molar-refractivity contribution >= 4 is 11.6 Å². The zero-order valence-electron chi connectivity index (χ0n) is 9.50. The molecule has 90 valence electrons. The fraction of sp³-hybridized carbons (Fsp3) is 0.500.